The van der Waals surface area contributed by atoms with Gasteiger partial charge < -0.3 is 20.7 Å². The van der Waals surface area contributed by atoms with Gasteiger partial charge in [-0.25, -0.2) is 4.39 Å². The zero-order valence-electron chi connectivity index (χ0n) is 12.1. The molecule has 1 heterocycles. The van der Waals surface area contributed by atoms with Crippen LogP contribution in [0.4, 0.5) is 15.8 Å². The normalized spacial score (nSPS) is 17.3. The molecule has 1 unspecified atom stereocenters. The van der Waals surface area contributed by atoms with Crippen molar-refractivity contribution in [2.75, 3.05) is 30.4 Å². The summed E-state index contributed by atoms with van der Waals surface area (Å²) in [6.07, 6.45) is 0.198. The highest BCUT2D eigenvalue weighted by Gasteiger charge is 2.17. The van der Waals surface area contributed by atoms with E-state index < -0.39 is 5.82 Å². The SMILES string of the molecule is CC(=O)Nc1ccc(F)c(NC(=O)CC2COCCN2)c1.Cl. The molecule has 3 N–H and O–H groups in total. The van der Waals surface area contributed by atoms with E-state index in [0.717, 1.165) is 0 Å². The zero-order chi connectivity index (χ0) is 15.2. The topological polar surface area (TPSA) is 79.5 Å². The number of hydrogen-bond acceptors (Lipinski definition) is 4. The highest BCUT2D eigenvalue weighted by Crippen LogP contribution is 2.20. The summed E-state index contributed by atoms with van der Waals surface area (Å²) in [4.78, 5) is 22.9. The molecule has 2 amide bonds. The largest absolute Gasteiger partial charge is 0.378 e. The van der Waals surface area contributed by atoms with Crippen molar-refractivity contribution in [1.29, 1.82) is 0 Å². The monoisotopic (exact) mass is 331 g/mol. The van der Waals surface area contributed by atoms with Crippen molar-refractivity contribution in [1.82, 2.24) is 5.32 Å². The van der Waals surface area contributed by atoms with Gasteiger partial charge in [0.1, 0.15) is 5.82 Å². The summed E-state index contributed by atoms with van der Waals surface area (Å²) in [6.45, 7) is 3.15. The minimum Gasteiger partial charge on any atom is -0.378 e. The lowest BCUT2D eigenvalue weighted by Crippen LogP contribution is -2.43. The Morgan fingerprint density at radius 3 is 2.82 bits per heavy atom. The molecule has 0 spiro atoms. The van der Waals surface area contributed by atoms with E-state index in [4.69, 9.17) is 4.74 Å². The highest BCUT2D eigenvalue weighted by molar-refractivity contribution is 5.93. The summed E-state index contributed by atoms with van der Waals surface area (Å²) in [5, 5.41) is 8.20. The number of anilines is 2. The number of amides is 2. The molecule has 0 aromatic heterocycles. The van der Waals surface area contributed by atoms with E-state index in [1.807, 2.05) is 0 Å². The van der Waals surface area contributed by atoms with Gasteiger partial charge in [-0.2, -0.15) is 0 Å². The smallest absolute Gasteiger partial charge is 0.226 e. The van der Waals surface area contributed by atoms with Gasteiger partial charge in [0.25, 0.3) is 0 Å². The van der Waals surface area contributed by atoms with E-state index in [9.17, 15) is 14.0 Å². The Hall–Kier alpha value is -1.70. The molecular weight excluding hydrogens is 313 g/mol. The molecule has 0 saturated carbocycles. The van der Waals surface area contributed by atoms with Crippen LogP contribution in [0.2, 0.25) is 0 Å². The molecule has 8 heteroatoms. The molecule has 2 rings (SSSR count). The van der Waals surface area contributed by atoms with E-state index in [-0.39, 0.29) is 42.4 Å². The fraction of sp³-hybridized carbons (Fsp3) is 0.429. The third kappa shape index (κ3) is 5.59. The first kappa shape index (κ1) is 18.3. The van der Waals surface area contributed by atoms with Crippen LogP contribution in [0.25, 0.3) is 0 Å². The van der Waals surface area contributed by atoms with Gasteiger partial charge in [-0.15, -0.1) is 12.4 Å². The fourth-order valence-electron chi connectivity index (χ4n) is 2.08. The van der Waals surface area contributed by atoms with Crippen LogP contribution in [-0.4, -0.2) is 37.6 Å². The molecule has 0 bridgehead atoms. The first-order chi connectivity index (χ1) is 10.0. The van der Waals surface area contributed by atoms with Crippen molar-refractivity contribution in [3.63, 3.8) is 0 Å². The van der Waals surface area contributed by atoms with Crippen molar-refractivity contribution in [3.05, 3.63) is 24.0 Å². The number of halogens is 2. The maximum atomic E-state index is 13.7. The van der Waals surface area contributed by atoms with Crippen LogP contribution in [0.15, 0.2) is 18.2 Å². The Morgan fingerprint density at radius 2 is 2.18 bits per heavy atom. The molecule has 1 aromatic carbocycles. The van der Waals surface area contributed by atoms with Gasteiger partial charge in [0.05, 0.1) is 18.9 Å². The summed E-state index contributed by atoms with van der Waals surface area (Å²) in [5.41, 5.74) is 0.473. The van der Waals surface area contributed by atoms with Gasteiger partial charge in [0.15, 0.2) is 0 Å². The van der Waals surface area contributed by atoms with Crippen LogP contribution in [-0.2, 0) is 14.3 Å². The van der Waals surface area contributed by atoms with Crippen molar-refractivity contribution in [2.24, 2.45) is 0 Å². The van der Waals surface area contributed by atoms with E-state index in [0.29, 0.717) is 25.4 Å². The molecule has 0 aliphatic carbocycles. The quantitative estimate of drug-likeness (QED) is 0.781. The summed E-state index contributed by atoms with van der Waals surface area (Å²) >= 11 is 0. The molecule has 0 radical (unpaired) electrons. The summed E-state index contributed by atoms with van der Waals surface area (Å²) in [7, 11) is 0. The third-order valence-corrected chi connectivity index (χ3v) is 2.99. The number of morpholine rings is 1. The molecule has 1 saturated heterocycles. The van der Waals surface area contributed by atoms with Crippen LogP contribution in [0.5, 0.6) is 0 Å². The Bertz CT molecular complexity index is 536. The second kappa shape index (κ2) is 8.67. The molecule has 22 heavy (non-hydrogen) atoms. The van der Waals surface area contributed by atoms with Crippen molar-refractivity contribution in [3.8, 4) is 0 Å². The van der Waals surface area contributed by atoms with Crippen LogP contribution in [0, 0.1) is 5.82 Å². The molecule has 1 aliphatic rings. The van der Waals surface area contributed by atoms with Crippen LogP contribution in [0.1, 0.15) is 13.3 Å². The number of carbonyl (C=O) groups is 2. The maximum absolute atomic E-state index is 13.7. The summed E-state index contributed by atoms with van der Waals surface area (Å²) in [6, 6.07) is 3.95. The van der Waals surface area contributed by atoms with Gasteiger partial charge >= 0.3 is 0 Å². The average molecular weight is 332 g/mol. The van der Waals surface area contributed by atoms with Gasteiger partial charge in [0, 0.05) is 31.6 Å². The molecule has 1 atom stereocenters. The molecule has 6 nitrogen and oxygen atoms in total. The van der Waals surface area contributed by atoms with Gasteiger partial charge in [0.2, 0.25) is 11.8 Å². The van der Waals surface area contributed by atoms with Gasteiger partial charge in [-0.05, 0) is 18.2 Å². The lowest BCUT2D eigenvalue weighted by molar-refractivity contribution is -0.117. The third-order valence-electron chi connectivity index (χ3n) is 2.99. The molecule has 122 valence electrons. The minimum atomic E-state index is -0.551. The van der Waals surface area contributed by atoms with E-state index in [2.05, 4.69) is 16.0 Å². The number of rotatable bonds is 4. The second-order valence-electron chi connectivity index (χ2n) is 4.85. The van der Waals surface area contributed by atoms with Crippen LogP contribution >= 0.6 is 12.4 Å². The number of nitrogens with one attached hydrogen (secondary N) is 3. The number of benzene rings is 1. The fourth-order valence-corrected chi connectivity index (χ4v) is 2.08. The number of ether oxygens (including phenoxy) is 1. The van der Waals surface area contributed by atoms with E-state index in [1.165, 1.54) is 25.1 Å². The molecular formula is C14H19ClFN3O3. The Balaban J connectivity index is 0.00000242. The number of carbonyl (C=O) groups excluding carboxylic acids is 2. The molecule has 1 aliphatic heterocycles. The lowest BCUT2D eigenvalue weighted by Gasteiger charge is -2.23. The van der Waals surface area contributed by atoms with Gasteiger partial charge in [-0.3, -0.25) is 9.59 Å². The Labute approximate surface area is 134 Å². The summed E-state index contributed by atoms with van der Waals surface area (Å²) < 4.78 is 18.9. The molecule has 1 fully saturated rings. The zero-order valence-corrected chi connectivity index (χ0v) is 13.0. The molecule has 1 aromatic rings. The van der Waals surface area contributed by atoms with Crippen LogP contribution < -0.4 is 16.0 Å². The van der Waals surface area contributed by atoms with Crippen molar-refractivity contribution in [2.45, 2.75) is 19.4 Å². The Kier molecular flexibility index (Phi) is 7.23. The van der Waals surface area contributed by atoms with Gasteiger partial charge in [-0.1, -0.05) is 0 Å². The maximum Gasteiger partial charge on any atom is 0.226 e. The summed E-state index contributed by atoms with van der Waals surface area (Å²) in [5.74, 6) is -1.12. The van der Waals surface area contributed by atoms with Crippen LogP contribution in [0.3, 0.4) is 0 Å². The predicted octanol–water partition coefficient (Wildman–Crippen LogP) is 1.52. The predicted molar refractivity (Wildman–Crippen MR) is 83.8 cm³/mol. The standard InChI is InChI=1S/C14H18FN3O3.ClH/c1-9(19)17-10-2-3-12(15)13(6-10)18-14(20)7-11-8-21-5-4-16-11;/h2-3,6,11,16H,4-5,7-8H2,1H3,(H,17,19)(H,18,20);1H. The van der Waals surface area contributed by atoms with Crippen molar-refractivity contribution >= 4 is 35.6 Å². The average Bonchev–Trinajstić information content (AvgIpc) is 2.43. The van der Waals surface area contributed by atoms with E-state index >= 15 is 0 Å². The first-order valence-corrected chi connectivity index (χ1v) is 6.72. The minimum absolute atomic E-state index is 0. The Morgan fingerprint density at radius 1 is 1.41 bits per heavy atom. The first-order valence-electron chi connectivity index (χ1n) is 6.72. The lowest BCUT2D eigenvalue weighted by atomic mass is 10.2. The second-order valence-corrected chi connectivity index (χ2v) is 4.85. The van der Waals surface area contributed by atoms with Crippen molar-refractivity contribution < 1.29 is 18.7 Å². The van der Waals surface area contributed by atoms with E-state index in [1.54, 1.807) is 0 Å². The highest BCUT2D eigenvalue weighted by atomic mass is 35.5. The number of hydrogen-bond donors (Lipinski definition) is 3.